The van der Waals surface area contributed by atoms with Gasteiger partial charge in [0.1, 0.15) is 0 Å². The number of aromatic nitrogens is 1. The highest BCUT2D eigenvalue weighted by atomic mass is 19.4. The molecule has 4 nitrogen and oxygen atoms in total. The Kier molecular flexibility index (Phi) is 7.57. The van der Waals surface area contributed by atoms with Crippen LogP contribution in [0.2, 0.25) is 0 Å². The smallest absolute Gasteiger partial charge is 0.393 e. The van der Waals surface area contributed by atoms with E-state index in [1.165, 1.54) is 31.7 Å². The third kappa shape index (κ3) is 5.26. The normalized spacial score (nSPS) is 29.6. The van der Waals surface area contributed by atoms with Gasteiger partial charge < -0.3 is 10.0 Å². The SMILES string of the molecule is CC1CC2CCC[C@@]2(C(=O)N2CCc3ncc(C(F)(F)F)cc3C2)C1.CCCC1(C(O)CC)CC1. The second-order valence-corrected chi connectivity index (χ2v) is 11.6. The number of alkyl halides is 3. The average Bonchev–Trinajstić information content (AvgIpc) is 3.39. The molecule has 0 saturated heterocycles. The van der Waals surface area contributed by atoms with Gasteiger partial charge in [0.05, 0.1) is 17.1 Å². The average molecular weight is 495 g/mol. The Morgan fingerprint density at radius 1 is 1.29 bits per heavy atom. The van der Waals surface area contributed by atoms with Gasteiger partial charge in [-0.25, -0.2) is 0 Å². The fourth-order valence-corrected chi connectivity index (χ4v) is 7.23. The summed E-state index contributed by atoms with van der Waals surface area (Å²) < 4.78 is 38.9. The molecule has 5 rings (SSSR count). The molecule has 0 aromatic carbocycles. The van der Waals surface area contributed by atoms with Crippen molar-refractivity contribution < 1.29 is 23.1 Å². The van der Waals surface area contributed by atoms with E-state index in [0.717, 1.165) is 44.7 Å². The molecule has 0 radical (unpaired) electrons. The molecule has 2 heterocycles. The van der Waals surface area contributed by atoms with E-state index in [1.807, 2.05) is 0 Å². The largest absolute Gasteiger partial charge is 0.417 e. The molecule has 4 atom stereocenters. The number of halogens is 3. The van der Waals surface area contributed by atoms with E-state index in [2.05, 4.69) is 25.8 Å². The van der Waals surface area contributed by atoms with E-state index in [4.69, 9.17) is 0 Å². The first-order valence-corrected chi connectivity index (χ1v) is 13.6. The number of hydrogen-bond donors (Lipinski definition) is 1. The van der Waals surface area contributed by atoms with Gasteiger partial charge in [-0.05, 0) is 80.2 Å². The van der Waals surface area contributed by atoms with Crippen molar-refractivity contribution in [1.82, 2.24) is 9.88 Å². The lowest BCUT2D eigenvalue weighted by Gasteiger charge is -2.37. The topological polar surface area (TPSA) is 53.4 Å². The number of fused-ring (bicyclic) bond motifs is 2. The molecule has 7 heteroatoms. The van der Waals surface area contributed by atoms with E-state index in [1.54, 1.807) is 4.90 Å². The van der Waals surface area contributed by atoms with Crippen LogP contribution in [0.15, 0.2) is 12.3 Å². The van der Waals surface area contributed by atoms with E-state index >= 15 is 0 Å². The van der Waals surface area contributed by atoms with Gasteiger partial charge in [-0.2, -0.15) is 13.2 Å². The number of amides is 1. The molecular formula is C28H41F3N2O2. The maximum atomic E-state index is 13.3. The fourth-order valence-electron chi connectivity index (χ4n) is 7.23. The van der Waals surface area contributed by atoms with Gasteiger partial charge in [0.25, 0.3) is 0 Å². The summed E-state index contributed by atoms with van der Waals surface area (Å²) in [5, 5.41) is 9.58. The molecule has 196 valence electrons. The molecule has 3 saturated carbocycles. The molecule has 4 aliphatic rings. The molecule has 1 aromatic heterocycles. The maximum Gasteiger partial charge on any atom is 0.417 e. The molecule has 0 bridgehead atoms. The summed E-state index contributed by atoms with van der Waals surface area (Å²) in [5.41, 5.74) is 0.617. The minimum absolute atomic E-state index is 0.0209. The van der Waals surface area contributed by atoms with Crippen LogP contribution in [0.4, 0.5) is 13.2 Å². The van der Waals surface area contributed by atoms with E-state index < -0.39 is 11.7 Å². The number of rotatable bonds is 5. The van der Waals surface area contributed by atoms with Crippen molar-refractivity contribution in [2.24, 2.45) is 22.7 Å². The molecule has 1 N–H and O–H groups in total. The van der Waals surface area contributed by atoms with Gasteiger partial charge in [-0.1, -0.05) is 33.6 Å². The summed E-state index contributed by atoms with van der Waals surface area (Å²) in [6.45, 7) is 7.29. The first kappa shape index (κ1) is 26.4. The second kappa shape index (κ2) is 10.0. The van der Waals surface area contributed by atoms with Crippen molar-refractivity contribution in [2.75, 3.05) is 6.54 Å². The van der Waals surface area contributed by atoms with Crippen LogP contribution in [0, 0.1) is 22.7 Å². The number of aliphatic hydroxyl groups is 1. The van der Waals surface area contributed by atoms with Crippen LogP contribution in [0.3, 0.4) is 0 Å². The third-order valence-electron chi connectivity index (χ3n) is 9.17. The van der Waals surface area contributed by atoms with Crippen molar-refractivity contribution in [1.29, 1.82) is 0 Å². The van der Waals surface area contributed by atoms with Crippen LogP contribution in [-0.4, -0.2) is 33.5 Å². The highest BCUT2D eigenvalue weighted by Crippen LogP contribution is 2.57. The van der Waals surface area contributed by atoms with E-state index in [9.17, 15) is 23.1 Å². The summed E-state index contributed by atoms with van der Waals surface area (Å²) in [4.78, 5) is 19.1. The van der Waals surface area contributed by atoms with Crippen LogP contribution in [0.25, 0.3) is 0 Å². The molecule has 1 amide bonds. The van der Waals surface area contributed by atoms with Crippen molar-refractivity contribution in [3.63, 3.8) is 0 Å². The quantitative estimate of drug-likeness (QED) is 0.506. The first-order chi connectivity index (χ1) is 16.5. The fraction of sp³-hybridized carbons (Fsp3) is 0.786. The molecular weight excluding hydrogens is 453 g/mol. The Morgan fingerprint density at radius 2 is 2.03 bits per heavy atom. The number of nitrogens with zero attached hydrogens (tertiary/aromatic N) is 2. The molecule has 1 aliphatic heterocycles. The zero-order valence-corrected chi connectivity index (χ0v) is 21.5. The Balaban J connectivity index is 0.000000243. The number of hydrogen-bond acceptors (Lipinski definition) is 3. The monoisotopic (exact) mass is 494 g/mol. The maximum absolute atomic E-state index is 13.3. The van der Waals surface area contributed by atoms with Gasteiger partial charge in [0.2, 0.25) is 5.91 Å². The second-order valence-electron chi connectivity index (χ2n) is 11.6. The predicted molar refractivity (Wildman–Crippen MR) is 129 cm³/mol. The number of carbonyl (C=O) groups excluding carboxylic acids is 1. The number of carbonyl (C=O) groups is 1. The first-order valence-electron chi connectivity index (χ1n) is 13.6. The standard InChI is InChI=1S/C19H23F3N2O.C9H18O/c1-12-7-14-3-2-5-18(14,9-12)17(25)24-6-4-16-13(11-24)8-15(10-23-16)19(20,21)22;1-3-5-9(6-7-9)8(10)4-2/h8,10,12,14H,2-7,9,11H2,1H3;8,10H,3-7H2,1-2H3/t12?,14?,18-;/m1./s1. The van der Waals surface area contributed by atoms with Crippen LogP contribution in [-0.2, 0) is 23.9 Å². The van der Waals surface area contributed by atoms with Crippen LogP contribution in [0.1, 0.15) is 102 Å². The lowest BCUT2D eigenvalue weighted by Crippen LogP contribution is -2.46. The van der Waals surface area contributed by atoms with Gasteiger partial charge in [-0.3, -0.25) is 9.78 Å². The Hall–Kier alpha value is -1.63. The molecule has 35 heavy (non-hydrogen) atoms. The predicted octanol–water partition coefficient (Wildman–Crippen LogP) is 6.54. The molecule has 0 spiro atoms. The van der Waals surface area contributed by atoms with Crippen molar-refractivity contribution >= 4 is 5.91 Å². The van der Waals surface area contributed by atoms with Gasteiger partial charge in [0, 0.05) is 31.4 Å². The number of pyridine rings is 1. The zero-order chi connectivity index (χ0) is 25.4. The number of aliphatic hydroxyl groups excluding tert-OH is 1. The van der Waals surface area contributed by atoms with E-state index in [-0.39, 0.29) is 24.0 Å². The zero-order valence-electron chi connectivity index (χ0n) is 21.5. The molecule has 1 aromatic rings. The van der Waals surface area contributed by atoms with Crippen molar-refractivity contribution in [2.45, 2.75) is 110 Å². The Morgan fingerprint density at radius 3 is 2.66 bits per heavy atom. The van der Waals surface area contributed by atoms with Crippen LogP contribution < -0.4 is 0 Å². The third-order valence-corrected chi connectivity index (χ3v) is 9.17. The summed E-state index contributed by atoms with van der Waals surface area (Å²) >= 11 is 0. The van der Waals surface area contributed by atoms with Crippen LogP contribution >= 0.6 is 0 Å². The highest BCUT2D eigenvalue weighted by Gasteiger charge is 2.55. The lowest BCUT2D eigenvalue weighted by atomic mass is 9.78. The summed E-state index contributed by atoms with van der Waals surface area (Å²) in [7, 11) is 0. The molecule has 3 fully saturated rings. The van der Waals surface area contributed by atoms with Gasteiger partial charge in [0.15, 0.2) is 0 Å². The Bertz CT molecular complexity index is 914. The lowest BCUT2D eigenvalue weighted by molar-refractivity contribution is -0.144. The van der Waals surface area contributed by atoms with Gasteiger partial charge >= 0.3 is 6.18 Å². The molecule has 3 unspecified atom stereocenters. The van der Waals surface area contributed by atoms with Crippen molar-refractivity contribution in [3.05, 3.63) is 29.1 Å². The van der Waals surface area contributed by atoms with E-state index in [0.29, 0.717) is 41.5 Å². The van der Waals surface area contributed by atoms with Crippen LogP contribution in [0.5, 0.6) is 0 Å². The van der Waals surface area contributed by atoms with Crippen molar-refractivity contribution in [3.8, 4) is 0 Å². The minimum Gasteiger partial charge on any atom is -0.393 e. The minimum atomic E-state index is -4.40. The summed E-state index contributed by atoms with van der Waals surface area (Å²) in [6.07, 6.45) is 8.09. The summed E-state index contributed by atoms with van der Waals surface area (Å²) in [6, 6.07) is 1.17. The molecule has 3 aliphatic carbocycles. The Labute approximate surface area is 207 Å². The highest BCUT2D eigenvalue weighted by molar-refractivity contribution is 5.84. The summed E-state index contributed by atoms with van der Waals surface area (Å²) in [5.74, 6) is 1.18. The van der Waals surface area contributed by atoms with Gasteiger partial charge in [-0.15, -0.1) is 0 Å².